The van der Waals surface area contributed by atoms with E-state index in [-0.39, 0.29) is 5.78 Å². The fourth-order valence-corrected chi connectivity index (χ4v) is 1.85. The van der Waals surface area contributed by atoms with Gasteiger partial charge in [0, 0.05) is 17.5 Å². The predicted molar refractivity (Wildman–Crippen MR) is 53.6 cm³/mol. The van der Waals surface area contributed by atoms with E-state index in [2.05, 4.69) is 4.98 Å². The number of rotatable bonds is 3. The van der Waals surface area contributed by atoms with Crippen LogP contribution < -0.4 is 0 Å². The summed E-state index contributed by atoms with van der Waals surface area (Å²) in [5.74, 6) is 0.764. The molecule has 2 rings (SSSR count). The van der Waals surface area contributed by atoms with Crippen LogP contribution in [0.3, 0.4) is 0 Å². The zero-order chi connectivity index (χ0) is 9.97. The molecule has 0 aliphatic rings. The zero-order valence-corrected chi connectivity index (χ0v) is 8.50. The van der Waals surface area contributed by atoms with Crippen molar-refractivity contribution in [2.24, 2.45) is 0 Å². The van der Waals surface area contributed by atoms with E-state index in [1.54, 1.807) is 24.7 Å². The second kappa shape index (κ2) is 3.75. The topological polar surface area (TPSA) is 43.1 Å². The molecule has 3 nitrogen and oxygen atoms in total. The van der Waals surface area contributed by atoms with Gasteiger partial charge in [0.15, 0.2) is 5.78 Å². The highest BCUT2D eigenvalue weighted by molar-refractivity contribution is 7.09. The van der Waals surface area contributed by atoms with Crippen molar-refractivity contribution in [3.63, 3.8) is 0 Å². The second-order valence-electron chi connectivity index (χ2n) is 2.96. The predicted octanol–water partition coefficient (Wildman–Crippen LogP) is 2.47. The van der Waals surface area contributed by atoms with Gasteiger partial charge in [-0.3, -0.25) is 9.78 Å². The van der Waals surface area contributed by atoms with E-state index in [1.165, 1.54) is 17.6 Å². The lowest BCUT2D eigenvalue weighted by Gasteiger charge is -1.95. The summed E-state index contributed by atoms with van der Waals surface area (Å²) in [7, 11) is 0. The van der Waals surface area contributed by atoms with Gasteiger partial charge in [0.2, 0.25) is 0 Å². The van der Waals surface area contributed by atoms with Crippen LogP contribution >= 0.6 is 11.3 Å². The number of furan rings is 1. The van der Waals surface area contributed by atoms with Crippen molar-refractivity contribution in [3.8, 4) is 0 Å². The quantitative estimate of drug-likeness (QED) is 0.726. The maximum atomic E-state index is 11.7. The Morgan fingerprint density at radius 2 is 2.50 bits per heavy atom. The van der Waals surface area contributed by atoms with Crippen molar-refractivity contribution in [2.75, 3.05) is 0 Å². The molecule has 0 bridgehead atoms. The van der Waals surface area contributed by atoms with Crippen molar-refractivity contribution in [3.05, 3.63) is 40.2 Å². The molecule has 72 valence electrons. The minimum Gasteiger partial charge on any atom is -0.469 e. The number of aryl methyl sites for hydroxylation is 1. The highest BCUT2D eigenvalue weighted by Crippen LogP contribution is 2.14. The summed E-state index contributed by atoms with van der Waals surface area (Å²) < 4.78 is 5.07. The highest BCUT2D eigenvalue weighted by atomic mass is 32.1. The van der Waals surface area contributed by atoms with Gasteiger partial charge in [0.05, 0.1) is 17.3 Å². The first-order valence-corrected chi connectivity index (χ1v) is 5.10. The smallest absolute Gasteiger partial charge is 0.171 e. The number of nitrogens with zero attached hydrogens (tertiary/aromatic N) is 1. The van der Waals surface area contributed by atoms with Crippen LogP contribution in [0.25, 0.3) is 0 Å². The van der Waals surface area contributed by atoms with Crippen molar-refractivity contribution in [1.29, 1.82) is 0 Å². The molecule has 2 aromatic rings. The van der Waals surface area contributed by atoms with Gasteiger partial charge in [0.1, 0.15) is 5.76 Å². The maximum absolute atomic E-state index is 11.7. The third-order valence-corrected chi connectivity index (χ3v) is 2.76. The molecule has 0 saturated carbocycles. The largest absolute Gasteiger partial charge is 0.469 e. The minimum absolute atomic E-state index is 0.0838. The van der Waals surface area contributed by atoms with Gasteiger partial charge >= 0.3 is 0 Å². The van der Waals surface area contributed by atoms with Crippen molar-refractivity contribution < 1.29 is 9.21 Å². The molecule has 0 aliphatic heterocycles. The molecular formula is C10H9NO2S. The van der Waals surface area contributed by atoms with E-state index in [1.807, 2.05) is 0 Å². The van der Waals surface area contributed by atoms with E-state index >= 15 is 0 Å². The summed E-state index contributed by atoms with van der Waals surface area (Å²) >= 11 is 1.49. The third-order valence-electron chi connectivity index (χ3n) is 1.98. The van der Waals surface area contributed by atoms with Gasteiger partial charge in [-0.2, -0.15) is 0 Å². The number of hydrogen-bond acceptors (Lipinski definition) is 4. The molecule has 0 amide bonds. The Bertz CT molecular complexity index is 431. The summed E-state index contributed by atoms with van der Waals surface area (Å²) in [6.45, 7) is 1.79. The van der Waals surface area contributed by atoms with Gasteiger partial charge in [-0.1, -0.05) is 0 Å². The normalized spacial score (nSPS) is 10.4. The van der Waals surface area contributed by atoms with Crippen LogP contribution in [0.4, 0.5) is 0 Å². The van der Waals surface area contributed by atoms with Crippen LogP contribution in [0.2, 0.25) is 0 Å². The van der Waals surface area contributed by atoms with E-state index in [4.69, 9.17) is 4.42 Å². The summed E-state index contributed by atoms with van der Waals surface area (Å²) in [6, 6.07) is 1.71. The second-order valence-corrected chi connectivity index (χ2v) is 3.93. The first kappa shape index (κ1) is 9.15. The Morgan fingerprint density at radius 3 is 3.07 bits per heavy atom. The average Bonchev–Trinajstić information content (AvgIpc) is 2.75. The van der Waals surface area contributed by atoms with Crippen LogP contribution in [-0.4, -0.2) is 10.8 Å². The average molecular weight is 207 g/mol. The number of carbonyl (C=O) groups is 1. The number of Topliss-reactive ketones (excluding diaryl/α,β-unsaturated/α-hetero) is 1. The van der Waals surface area contributed by atoms with Gasteiger partial charge in [-0.05, 0) is 13.0 Å². The Balaban J connectivity index is 2.14. The molecule has 0 unspecified atom stereocenters. The fourth-order valence-electron chi connectivity index (χ4n) is 1.26. The number of hydrogen-bond donors (Lipinski definition) is 0. The molecule has 0 aliphatic carbocycles. The van der Waals surface area contributed by atoms with Crippen molar-refractivity contribution in [1.82, 2.24) is 4.98 Å². The lowest BCUT2D eigenvalue weighted by molar-refractivity contribution is 0.0992. The number of carbonyl (C=O) groups excluding carboxylic acids is 1. The molecule has 4 heteroatoms. The van der Waals surface area contributed by atoms with Gasteiger partial charge < -0.3 is 4.42 Å². The third kappa shape index (κ3) is 1.75. The maximum Gasteiger partial charge on any atom is 0.171 e. The van der Waals surface area contributed by atoms with Crippen LogP contribution in [0.15, 0.2) is 28.5 Å². The molecule has 0 radical (unpaired) electrons. The van der Waals surface area contributed by atoms with Crippen molar-refractivity contribution >= 4 is 17.1 Å². The van der Waals surface area contributed by atoms with E-state index in [0.717, 1.165) is 4.88 Å². The molecular weight excluding hydrogens is 198 g/mol. The standard InChI is InChI=1S/C10H9NO2S/c1-7-9(2-3-13-7)10(12)4-8-5-11-6-14-8/h2-3,5-6H,4H2,1H3. The Kier molecular flexibility index (Phi) is 2.45. The number of thiazole rings is 1. The van der Waals surface area contributed by atoms with Crippen LogP contribution in [0.1, 0.15) is 21.0 Å². The molecule has 0 aromatic carbocycles. The number of ketones is 1. The van der Waals surface area contributed by atoms with Crippen molar-refractivity contribution in [2.45, 2.75) is 13.3 Å². The fraction of sp³-hybridized carbons (Fsp3) is 0.200. The van der Waals surface area contributed by atoms with E-state index < -0.39 is 0 Å². The van der Waals surface area contributed by atoms with E-state index in [9.17, 15) is 4.79 Å². The molecule has 0 N–H and O–H groups in total. The lowest BCUT2D eigenvalue weighted by Crippen LogP contribution is -2.02. The molecule has 0 atom stereocenters. The molecule has 2 heterocycles. The molecule has 0 saturated heterocycles. The summed E-state index contributed by atoms with van der Waals surface area (Å²) in [5, 5.41) is 0. The van der Waals surface area contributed by atoms with Gasteiger partial charge in [0.25, 0.3) is 0 Å². The monoisotopic (exact) mass is 207 g/mol. The Morgan fingerprint density at radius 1 is 1.64 bits per heavy atom. The molecule has 2 aromatic heterocycles. The minimum atomic E-state index is 0.0838. The van der Waals surface area contributed by atoms with Crippen LogP contribution in [0, 0.1) is 6.92 Å². The van der Waals surface area contributed by atoms with Crippen LogP contribution in [0.5, 0.6) is 0 Å². The Labute approximate surface area is 85.4 Å². The van der Waals surface area contributed by atoms with E-state index in [0.29, 0.717) is 17.7 Å². The zero-order valence-electron chi connectivity index (χ0n) is 7.69. The van der Waals surface area contributed by atoms with Gasteiger partial charge in [-0.25, -0.2) is 0 Å². The molecule has 0 spiro atoms. The molecule has 14 heavy (non-hydrogen) atoms. The summed E-state index contributed by atoms with van der Waals surface area (Å²) in [4.78, 5) is 16.6. The van der Waals surface area contributed by atoms with Gasteiger partial charge in [-0.15, -0.1) is 11.3 Å². The lowest BCUT2D eigenvalue weighted by atomic mass is 10.1. The van der Waals surface area contributed by atoms with Crippen LogP contribution in [-0.2, 0) is 6.42 Å². The Hall–Kier alpha value is -1.42. The highest BCUT2D eigenvalue weighted by Gasteiger charge is 2.12. The number of aromatic nitrogens is 1. The summed E-state index contributed by atoms with van der Waals surface area (Å²) in [5.41, 5.74) is 2.39. The summed E-state index contributed by atoms with van der Waals surface area (Å²) in [6.07, 6.45) is 3.66. The first-order valence-electron chi connectivity index (χ1n) is 4.22. The molecule has 0 fully saturated rings. The SMILES string of the molecule is Cc1occc1C(=O)Cc1cncs1. The first-order chi connectivity index (χ1) is 6.77.